The topological polar surface area (TPSA) is 107 Å². The summed E-state index contributed by atoms with van der Waals surface area (Å²) in [6.07, 6.45) is 3.41. The first-order valence-electron chi connectivity index (χ1n) is 9.35. The summed E-state index contributed by atoms with van der Waals surface area (Å²) in [5.41, 5.74) is 0. The highest BCUT2D eigenvalue weighted by atomic mass is 31.2. The SMILES string of the molecule is C=CP(=O)(OCCOP(C)(=O)OCCCC)OCCOP(C)(=O)OCCCC. The second-order valence-corrected chi connectivity index (χ2v) is 12.1. The average Bonchev–Trinajstić information content (AvgIpc) is 2.63. The molecule has 0 bridgehead atoms. The Hall–Kier alpha value is 0.190. The third-order valence-corrected chi connectivity index (χ3v) is 7.37. The molecule has 9 nitrogen and oxygen atoms in total. The molecule has 0 amide bonds. The molecule has 0 saturated heterocycles. The van der Waals surface area contributed by atoms with Gasteiger partial charge in [0.1, 0.15) is 0 Å². The van der Waals surface area contributed by atoms with Gasteiger partial charge in [0.25, 0.3) is 0 Å². The number of hydrogen-bond acceptors (Lipinski definition) is 9. The van der Waals surface area contributed by atoms with E-state index >= 15 is 0 Å². The van der Waals surface area contributed by atoms with E-state index in [4.69, 9.17) is 27.1 Å². The zero-order chi connectivity index (χ0) is 21.5. The first-order chi connectivity index (χ1) is 13.1. The van der Waals surface area contributed by atoms with Gasteiger partial charge in [-0.3, -0.25) is 13.7 Å². The first kappa shape index (κ1) is 28.2. The fourth-order valence-corrected chi connectivity index (χ4v) is 4.53. The third kappa shape index (κ3) is 15.1. The zero-order valence-electron chi connectivity index (χ0n) is 17.4. The molecule has 0 heterocycles. The summed E-state index contributed by atoms with van der Waals surface area (Å²) in [6, 6.07) is 0. The van der Waals surface area contributed by atoms with E-state index in [2.05, 4.69) is 6.58 Å². The Labute approximate surface area is 169 Å². The summed E-state index contributed by atoms with van der Waals surface area (Å²) in [5, 5.41) is 0. The number of unbranched alkanes of at least 4 members (excludes halogenated alkanes) is 2. The van der Waals surface area contributed by atoms with E-state index in [9.17, 15) is 13.7 Å². The molecule has 0 aliphatic carbocycles. The van der Waals surface area contributed by atoms with Crippen LogP contribution in [-0.2, 0) is 40.8 Å². The second-order valence-electron chi connectivity index (χ2n) is 5.97. The van der Waals surface area contributed by atoms with E-state index in [0.29, 0.717) is 13.2 Å². The monoisotopic (exact) mass is 464 g/mol. The Morgan fingerprint density at radius 2 is 0.964 bits per heavy atom. The molecule has 0 aromatic rings. The smallest absolute Gasteiger partial charge is 0.309 e. The van der Waals surface area contributed by atoms with Crippen molar-refractivity contribution in [2.45, 2.75) is 39.5 Å². The summed E-state index contributed by atoms with van der Waals surface area (Å²) >= 11 is 0. The van der Waals surface area contributed by atoms with E-state index < -0.39 is 22.8 Å². The Balaban J connectivity index is 4.12. The summed E-state index contributed by atoms with van der Waals surface area (Å²) in [6.45, 7) is 10.5. The van der Waals surface area contributed by atoms with Gasteiger partial charge in [0.05, 0.1) is 39.6 Å². The molecular weight excluding hydrogens is 429 g/mol. The van der Waals surface area contributed by atoms with Crippen molar-refractivity contribution in [2.75, 3.05) is 53.0 Å². The van der Waals surface area contributed by atoms with Gasteiger partial charge in [-0.15, -0.1) is 0 Å². The van der Waals surface area contributed by atoms with Crippen LogP contribution in [0.5, 0.6) is 0 Å². The van der Waals surface area contributed by atoms with E-state index in [1.165, 1.54) is 13.3 Å². The Bertz CT molecular complexity index is 526. The molecule has 0 radical (unpaired) electrons. The van der Waals surface area contributed by atoms with E-state index in [1.54, 1.807) is 0 Å². The molecule has 0 N–H and O–H groups in total. The number of rotatable bonds is 19. The van der Waals surface area contributed by atoms with Crippen LogP contribution in [0.1, 0.15) is 39.5 Å². The van der Waals surface area contributed by atoms with Crippen LogP contribution >= 0.6 is 22.8 Å². The van der Waals surface area contributed by atoms with Gasteiger partial charge < -0.3 is 27.1 Å². The fraction of sp³-hybridized carbons (Fsp3) is 0.875. The molecule has 12 heteroatoms. The second kappa shape index (κ2) is 15.1. The molecule has 0 aliphatic heterocycles. The van der Waals surface area contributed by atoms with Crippen LogP contribution in [0.4, 0.5) is 0 Å². The molecule has 0 fully saturated rings. The molecule has 0 aliphatic rings. The molecule has 168 valence electrons. The van der Waals surface area contributed by atoms with Gasteiger partial charge in [0.15, 0.2) is 0 Å². The lowest BCUT2D eigenvalue weighted by Crippen LogP contribution is -2.07. The van der Waals surface area contributed by atoms with Crippen molar-refractivity contribution in [3.8, 4) is 0 Å². The normalized spacial score (nSPS) is 18.1. The van der Waals surface area contributed by atoms with Crippen molar-refractivity contribution in [3.05, 3.63) is 12.4 Å². The molecular formula is C16H35O9P3. The maximum Gasteiger partial charge on any atom is 0.353 e. The van der Waals surface area contributed by atoms with Gasteiger partial charge in [0, 0.05) is 19.1 Å². The van der Waals surface area contributed by atoms with Crippen molar-refractivity contribution in [3.63, 3.8) is 0 Å². The molecule has 0 rings (SSSR count). The van der Waals surface area contributed by atoms with Crippen molar-refractivity contribution in [1.82, 2.24) is 0 Å². The Morgan fingerprint density at radius 3 is 1.29 bits per heavy atom. The minimum atomic E-state index is -3.57. The number of hydrogen-bond donors (Lipinski definition) is 0. The first-order valence-corrected chi connectivity index (χ1v) is 14.9. The minimum absolute atomic E-state index is 0.0764. The van der Waals surface area contributed by atoms with Gasteiger partial charge >= 0.3 is 22.8 Å². The van der Waals surface area contributed by atoms with Crippen LogP contribution in [0, 0.1) is 0 Å². The standard InChI is InChI=1S/C16H35O9P3/c1-6-9-11-20-26(4,17)22-13-15-24-28(19,8-3)25-16-14-23-27(5,18)21-12-10-7-2/h8H,3,6-7,9-16H2,1-2,4-5H3. The van der Waals surface area contributed by atoms with Crippen LogP contribution in [0.15, 0.2) is 12.4 Å². The van der Waals surface area contributed by atoms with Crippen LogP contribution in [-0.4, -0.2) is 53.0 Å². The van der Waals surface area contributed by atoms with Crippen LogP contribution in [0.2, 0.25) is 0 Å². The molecule has 28 heavy (non-hydrogen) atoms. The average molecular weight is 464 g/mol. The van der Waals surface area contributed by atoms with Crippen molar-refractivity contribution in [2.24, 2.45) is 0 Å². The lowest BCUT2D eigenvalue weighted by Gasteiger charge is -2.18. The van der Waals surface area contributed by atoms with Gasteiger partial charge in [-0.05, 0) is 12.8 Å². The van der Waals surface area contributed by atoms with Gasteiger partial charge in [-0.2, -0.15) is 0 Å². The predicted octanol–water partition coefficient (Wildman–Crippen LogP) is 5.67. The summed E-state index contributed by atoms with van der Waals surface area (Å²) < 4.78 is 67.4. The molecule has 0 aromatic heterocycles. The molecule has 0 aromatic carbocycles. The third-order valence-electron chi connectivity index (χ3n) is 3.23. The summed E-state index contributed by atoms with van der Waals surface area (Å²) in [4.78, 5) is 0. The van der Waals surface area contributed by atoms with Crippen LogP contribution < -0.4 is 0 Å². The van der Waals surface area contributed by atoms with Crippen molar-refractivity contribution >= 4 is 22.8 Å². The lowest BCUT2D eigenvalue weighted by molar-refractivity contribution is 0.136. The zero-order valence-corrected chi connectivity index (χ0v) is 20.1. The molecule has 2 unspecified atom stereocenters. The molecule has 0 spiro atoms. The highest BCUT2D eigenvalue weighted by molar-refractivity contribution is 7.57. The maximum atomic E-state index is 12.4. The van der Waals surface area contributed by atoms with Crippen molar-refractivity contribution in [1.29, 1.82) is 0 Å². The van der Waals surface area contributed by atoms with E-state index in [1.807, 2.05) is 13.8 Å². The fourth-order valence-electron chi connectivity index (χ4n) is 1.70. The van der Waals surface area contributed by atoms with Gasteiger partial charge in [-0.25, -0.2) is 0 Å². The molecule has 0 saturated carbocycles. The summed E-state index contributed by atoms with van der Waals surface area (Å²) in [5.74, 6) is 1.06. The highest BCUT2D eigenvalue weighted by Gasteiger charge is 2.23. The minimum Gasteiger partial charge on any atom is -0.309 e. The lowest BCUT2D eigenvalue weighted by atomic mass is 10.4. The maximum absolute atomic E-state index is 12.4. The van der Waals surface area contributed by atoms with E-state index in [0.717, 1.165) is 31.5 Å². The largest absolute Gasteiger partial charge is 0.353 e. The predicted molar refractivity (Wildman–Crippen MR) is 110 cm³/mol. The summed E-state index contributed by atoms with van der Waals surface area (Å²) in [7, 11) is -9.91. The van der Waals surface area contributed by atoms with Gasteiger partial charge in [0.2, 0.25) is 0 Å². The molecule has 2 atom stereocenters. The highest BCUT2D eigenvalue weighted by Crippen LogP contribution is 2.50. The van der Waals surface area contributed by atoms with Crippen LogP contribution in [0.25, 0.3) is 0 Å². The van der Waals surface area contributed by atoms with Crippen molar-refractivity contribution < 1.29 is 40.8 Å². The quantitative estimate of drug-likeness (QED) is 0.177. The Morgan fingerprint density at radius 1 is 0.643 bits per heavy atom. The van der Waals surface area contributed by atoms with Gasteiger partial charge in [-0.1, -0.05) is 33.3 Å². The Kier molecular flexibility index (Phi) is 15.2. The van der Waals surface area contributed by atoms with Crippen LogP contribution in [0.3, 0.4) is 0 Å². The van der Waals surface area contributed by atoms with E-state index in [-0.39, 0.29) is 26.4 Å².